The lowest BCUT2D eigenvalue weighted by Crippen LogP contribution is -2.60. The number of hydrogen-bond donors (Lipinski definition) is 1. The molecule has 120 valence electrons. The highest BCUT2D eigenvalue weighted by Gasteiger charge is 2.38. The molecule has 0 aromatic heterocycles. The van der Waals surface area contributed by atoms with E-state index in [0.29, 0.717) is 5.54 Å². The summed E-state index contributed by atoms with van der Waals surface area (Å²) < 4.78 is 0. The second-order valence-electron chi connectivity index (χ2n) is 7.12. The molecule has 0 atom stereocenters. The van der Waals surface area contributed by atoms with Crippen LogP contribution in [0.3, 0.4) is 0 Å². The van der Waals surface area contributed by atoms with Gasteiger partial charge in [-0.15, -0.1) is 0 Å². The topological polar surface area (TPSA) is 29.3 Å². The molecule has 0 amide bonds. The highest BCUT2D eigenvalue weighted by Crippen LogP contribution is 2.34. The molecule has 0 aromatic rings. The van der Waals surface area contributed by atoms with Gasteiger partial charge in [-0.2, -0.15) is 0 Å². The van der Waals surface area contributed by atoms with Crippen molar-refractivity contribution in [2.75, 3.05) is 19.6 Å². The van der Waals surface area contributed by atoms with Gasteiger partial charge in [-0.05, 0) is 32.2 Å². The third-order valence-electron chi connectivity index (χ3n) is 5.19. The summed E-state index contributed by atoms with van der Waals surface area (Å²) in [4.78, 5) is 2.72. The summed E-state index contributed by atoms with van der Waals surface area (Å²) in [5.74, 6) is 0.764. The van der Waals surface area contributed by atoms with Crippen LogP contribution in [0.1, 0.15) is 85.0 Å². The van der Waals surface area contributed by atoms with Crippen molar-refractivity contribution in [1.29, 1.82) is 0 Å². The molecule has 1 fully saturated rings. The van der Waals surface area contributed by atoms with Crippen molar-refractivity contribution in [2.24, 2.45) is 11.7 Å². The maximum Gasteiger partial charge on any atom is 0.0181 e. The number of hydrogen-bond acceptors (Lipinski definition) is 2. The van der Waals surface area contributed by atoms with Gasteiger partial charge in [0.1, 0.15) is 0 Å². The van der Waals surface area contributed by atoms with Crippen LogP contribution in [0, 0.1) is 5.92 Å². The first-order valence-electron chi connectivity index (χ1n) is 9.11. The monoisotopic (exact) mass is 282 g/mol. The predicted molar refractivity (Wildman–Crippen MR) is 90.0 cm³/mol. The maximum absolute atomic E-state index is 5.79. The molecule has 0 radical (unpaired) electrons. The normalized spacial score (nSPS) is 17.4. The minimum atomic E-state index is 0.452. The number of nitrogens with two attached hydrogens (primary N) is 1. The molecule has 0 saturated carbocycles. The Bertz CT molecular complexity index is 222. The van der Waals surface area contributed by atoms with Gasteiger partial charge in [-0.1, -0.05) is 65.2 Å². The summed E-state index contributed by atoms with van der Waals surface area (Å²) >= 11 is 0. The molecule has 2 N–H and O–H groups in total. The lowest BCUT2D eigenvalue weighted by Gasteiger charge is -2.51. The summed E-state index contributed by atoms with van der Waals surface area (Å²) in [6.45, 7) is 10.5. The largest absolute Gasteiger partial charge is 0.330 e. The van der Waals surface area contributed by atoms with Crippen molar-refractivity contribution in [3.05, 3.63) is 0 Å². The van der Waals surface area contributed by atoms with Crippen molar-refractivity contribution in [3.8, 4) is 0 Å². The molecule has 0 aromatic carbocycles. The summed E-state index contributed by atoms with van der Waals surface area (Å²) in [6, 6.07) is 0. The summed E-state index contributed by atoms with van der Waals surface area (Å²) in [5.41, 5.74) is 6.24. The van der Waals surface area contributed by atoms with E-state index in [4.69, 9.17) is 5.73 Å². The first-order chi connectivity index (χ1) is 9.66. The van der Waals surface area contributed by atoms with Crippen LogP contribution in [0.15, 0.2) is 0 Å². The van der Waals surface area contributed by atoms with Crippen molar-refractivity contribution in [1.82, 2.24) is 4.90 Å². The summed E-state index contributed by atoms with van der Waals surface area (Å²) in [7, 11) is 0. The van der Waals surface area contributed by atoms with E-state index in [1.807, 2.05) is 0 Å². The smallest absolute Gasteiger partial charge is 0.0181 e. The molecule has 0 aliphatic carbocycles. The van der Waals surface area contributed by atoms with Crippen LogP contribution in [0.2, 0.25) is 0 Å². The predicted octanol–water partition coefficient (Wildman–Crippen LogP) is 4.58. The van der Waals surface area contributed by atoms with Gasteiger partial charge >= 0.3 is 0 Å². The molecule has 1 aliphatic heterocycles. The third kappa shape index (κ3) is 5.73. The molecule has 1 heterocycles. The van der Waals surface area contributed by atoms with Gasteiger partial charge in [-0.3, -0.25) is 4.90 Å². The van der Waals surface area contributed by atoms with Gasteiger partial charge in [-0.25, -0.2) is 0 Å². The average Bonchev–Trinajstić information content (AvgIpc) is 2.39. The van der Waals surface area contributed by atoms with Crippen molar-refractivity contribution in [2.45, 2.75) is 90.5 Å². The number of likely N-dealkylation sites (tertiary alicyclic amines) is 1. The van der Waals surface area contributed by atoms with Gasteiger partial charge in [0.05, 0.1) is 0 Å². The second-order valence-corrected chi connectivity index (χ2v) is 7.12. The van der Waals surface area contributed by atoms with Gasteiger partial charge in [0.25, 0.3) is 0 Å². The first-order valence-corrected chi connectivity index (χ1v) is 9.11. The second kappa shape index (κ2) is 9.78. The van der Waals surface area contributed by atoms with Crippen molar-refractivity contribution in [3.63, 3.8) is 0 Å². The molecule has 1 saturated heterocycles. The minimum Gasteiger partial charge on any atom is -0.330 e. The van der Waals surface area contributed by atoms with E-state index in [1.54, 1.807) is 0 Å². The quantitative estimate of drug-likeness (QED) is 0.531. The van der Waals surface area contributed by atoms with Crippen LogP contribution in [0.5, 0.6) is 0 Å². The molecular weight excluding hydrogens is 244 g/mol. The standard InChI is InChI=1S/C18H38N2/c1-4-6-8-10-12-18(3,13-11-9-7-5-2)20-15-17(14-19)16-20/h17H,4-16,19H2,1-3H3. The highest BCUT2D eigenvalue weighted by atomic mass is 15.2. The molecule has 1 aliphatic rings. The van der Waals surface area contributed by atoms with Crippen molar-refractivity contribution >= 4 is 0 Å². The minimum absolute atomic E-state index is 0.452. The Labute approximate surface area is 127 Å². The Morgan fingerprint density at radius 2 is 1.40 bits per heavy atom. The van der Waals surface area contributed by atoms with Crippen LogP contribution in [-0.2, 0) is 0 Å². The van der Waals surface area contributed by atoms with Crippen LogP contribution in [0.25, 0.3) is 0 Å². The van der Waals surface area contributed by atoms with E-state index in [9.17, 15) is 0 Å². The Morgan fingerprint density at radius 1 is 0.900 bits per heavy atom. The van der Waals surface area contributed by atoms with Crippen LogP contribution in [0.4, 0.5) is 0 Å². The lowest BCUT2D eigenvalue weighted by atomic mass is 9.82. The lowest BCUT2D eigenvalue weighted by molar-refractivity contribution is -0.0157. The van der Waals surface area contributed by atoms with E-state index in [2.05, 4.69) is 25.7 Å². The van der Waals surface area contributed by atoms with Crippen LogP contribution >= 0.6 is 0 Å². The number of rotatable bonds is 12. The summed E-state index contributed by atoms with van der Waals surface area (Å²) in [6.07, 6.45) is 13.9. The Balaban J connectivity index is 2.36. The van der Waals surface area contributed by atoms with E-state index < -0.39 is 0 Å². The third-order valence-corrected chi connectivity index (χ3v) is 5.19. The maximum atomic E-state index is 5.79. The number of unbranched alkanes of at least 4 members (excludes halogenated alkanes) is 6. The van der Waals surface area contributed by atoms with Crippen molar-refractivity contribution < 1.29 is 0 Å². The molecule has 1 rings (SSSR count). The van der Waals surface area contributed by atoms with Gasteiger partial charge in [0.15, 0.2) is 0 Å². The molecule has 0 bridgehead atoms. The zero-order chi connectivity index (χ0) is 14.8. The fourth-order valence-corrected chi connectivity index (χ4v) is 3.47. The van der Waals surface area contributed by atoms with Crippen LogP contribution < -0.4 is 5.73 Å². The molecule has 0 unspecified atom stereocenters. The fourth-order valence-electron chi connectivity index (χ4n) is 3.47. The number of nitrogens with zero attached hydrogens (tertiary/aromatic N) is 1. The first kappa shape index (κ1) is 18.0. The Hall–Kier alpha value is -0.0800. The highest BCUT2D eigenvalue weighted by molar-refractivity contribution is 4.94. The van der Waals surface area contributed by atoms with E-state index >= 15 is 0 Å². The van der Waals surface area contributed by atoms with E-state index in [0.717, 1.165) is 12.5 Å². The fraction of sp³-hybridized carbons (Fsp3) is 1.00. The van der Waals surface area contributed by atoms with Crippen LogP contribution in [-0.4, -0.2) is 30.1 Å². The van der Waals surface area contributed by atoms with E-state index in [-0.39, 0.29) is 0 Å². The zero-order valence-electron chi connectivity index (χ0n) is 14.3. The Morgan fingerprint density at radius 3 is 1.80 bits per heavy atom. The molecule has 20 heavy (non-hydrogen) atoms. The average molecular weight is 283 g/mol. The van der Waals surface area contributed by atoms with E-state index in [1.165, 1.54) is 77.3 Å². The van der Waals surface area contributed by atoms with Gasteiger partial charge in [0.2, 0.25) is 0 Å². The molecule has 2 nitrogen and oxygen atoms in total. The summed E-state index contributed by atoms with van der Waals surface area (Å²) in [5, 5.41) is 0. The Kier molecular flexibility index (Phi) is 8.79. The molecule has 0 spiro atoms. The van der Waals surface area contributed by atoms with Gasteiger partial charge < -0.3 is 5.73 Å². The SMILES string of the molecule is CCCCCCC(C)(CCCCCC)N1CC(CN)C1. The molecular formula is C18H38N2. The zero-order valence-corrected chi connectivity index (χ0v) is 14.3. The van der Waals surface area contributed by atoms with Gasteiger partial charge in [0, 0.05) is 18.6 Å². The molecule has 2 heteroatoms.